The number of aliphatic hydroxyl groups excluding tert-OH is 1. The molecule has 0 spiro atoms. The molecule has 0 aromatic heterocycles. The molecule has 19 heavy (non-hydrogen) atoms. The minimum absolute atomic E-state index is 0.233. The molecule has 104 valence electrons. The summed E-state index contributed by atoms with van der Waals surface area (Å²) in [4.78, 5) is 4.86. The number of hydrogen-bond acceptors (Lipinski definition) is 4. The molecule has 2 aliphatic rings. The second-order valence-electron chi connectivity index (χ2n) is 5.48. The first-order valence-electron chi connectivity index (χ1n) is 7.07. The molecule has 0 radical (unpaired) electrons. The summed E-state index contributed by atoms with van der Waals surface area (Å²) in [5, 5.41) is 9.63. The van der Waals surface area contributed by atoms with Gasteiger partial charge in [0.2, 0.25) is 0 Å². The van der Waals surface area contributed by atoms with Crippen molar-refractivity contribution in [3.05, 3.63) is 35.9 Å². The molecule has 2 fully saturated rings. The summed E-state index contributed by atoms with van der Waals surface area (Å²) in [6.45, 7) is 5.74. The summed E-state index contributed by atoms with van der Waals surface area (Å²) < 4.78 is 5.58. The van der Waals surface area contributed by atoms with Gasteiger partial charge in [0.1, 0.15) is 0 Å². The number of piperazine rings is 1. The molecule has 0 aliphatic carbocycles. The van der Waals surface area contributed by atoms with Crippen LogP contribution >= 0.6 is 0 Å². The van der Waals surface area contributed by atoms with Crippen molar-refractivity contribution in [3.63, 3.8) is 0 Å². The normalized spacial score (nSPS) is 29.1. The Morgan fingerprint density at radius 1 is 1.21 bits per heavy atom. The molecule has 1 aromatic rings. The first-order chi connectivity index (χ1) is 9.36. The minimum Gasteiger partial charge on any atom is -0.395 e. The van der Waals surface area contributed by atoms with E-state index in [1.54, 1.807) is 0 Å². The topological polar surface area (TPSA) is 35.9 Å². The summed E-state index contributed by atoms with van der Waals surface area (Å²) in [6, 6.07) is 11.2. The van der Waals surface area contributed by atoms with Gasteiger partial charge in [0.25, 0.3) is 0 Å². The molecule has 4 heteroatoms. The van der Waals surface area contributed by atoms with Crippen LogP contribution in [-0.2, 0) is 11.3 Å². The lowest BCUT2D eigenvalue weighted by Gasteiger charge is -2.47. The van der Waals surface area contributed by atoms with Crippen molar-refractivity contribution in [1.82, 2.24) is 9.80 Å². The molecule has 0 unspecified atom stereocenters. The molecule has 4 nitrogen and oxygen atoms in total. The molecule has 1 aromatic carbocycles. The van der Waals surface area contributed by atoms with E-state index in [1.165, 1.54) is 5.56 Å². The van der Waals surface area contributed by atoms with Crippen LogP contribution in [0.2, 0.25) is 0 Å². The number of nitrogens with zero attached hydrogens (tertiary/aromatic N) is 2. The van der Waals surface area contributed by atoms with Crippen molar-refractivity contribution in [2.75, 3.05) is 39.5 Å². The third kappa shape index (κ3) is 2.98. The SMILES string of the molecule is OC[C@@H]1CN2CCOC[C@@H]2CN1Cc1ccccc1. The van der Waals surface area contributed by atoms with Gasteiger partial charge in [0.05, 0.1) is 19.8 Å². The fourth-order valence-corrected chi connectivity index (χ4v) is 3.09. The Balaban J connectivity index is 1.68. The summed E-state index contributed by atoms with van der Waals surface area (Å²) in [7, 11) is 0. The number of aliphatic hydroxyl groups is 1. The second-order valence-corrected chi connectivity index (χ2v) is 5.48. The highest BCUT2D eigenvalue weighted by Crippen LogP contribution is 2.20. The van der Waals surface area contributed by atoms with Crippen LogP contribution in [0.4, 0.5) is 0 Å². The standard InChI is InChI=1S/C15H22N2O2/c18-11-14-9-16-6-7-19-12-15(16)10-17(14)8-13-4-2-1-3-5-13/h1-5,14-15,18H,6-12H2/t14-,15-/m0/s1. The van der Waals surface area contributed by atoms with Gasteiger partial charge in [-0.25, -0.2) is 0 Å². The van der Waals surface area contributed by atoms with Gasteiger partial charge >= 0.3 is 0 Å². The van der Waals surface area contributed by atoms with Gasteiger partial charge in [-0.1, -0.05) is 30.3 Å². The monoisotopic (exact) mass is 262 g/mol. The minimum atomic E-state index is 0.233. The van der Waals surface area contributed by atoms with E-state index >= 15 is 0 Å². The van der Waals surface area contributed by atoms with E-state index in [2.05, 4.69) is 34.1 Å². The smallest absolute Gasteiger partial charge is 0.0634 e. The Labute approximate surface area is 114 Å². The van der Waals surface area contributed by atoms with Crippen LogP contribution in [-0.4, -0.2) is 66.4 Å². The number of hydrogen-bond donors (Lipinski definition) is 1. The Morgan fingerprint density at radius 2 is 2.05 bits per heavy atom. The van der Waals surface area contributed by atoms with Crippen molar-refractivity contribution in [2.45, 2.75) is 18.6 Å². The van der Waals surface area contributed by atoms with Gasteiger partial charge in [0.15, 0.2) is 0 Å². The van der Waals surface area contributed by atoms with Gasteiger partial charge in [0, 0.05) is 38.3 Å². The third-order valence-electron chi connectivity index (χ3n) is 4.20. The average Bonchev–Trinajstić information content (AvgIpc) is 2.47. The molecule has 2 atom stereocenters. The molecular weight excluding hydrogens is 240 g/mol. The van der Waals surface area contributed by atoms with Crippen LogP contribution in [0.3, 0.4) is 0 Å². The molecule has 3 rings (SSSR count). The summed E-state index contributed by atoms with van der Waals surface area (Å²) >= 11 is 0. The van der Waals surface area contributed by atoms with Crippen LogP contribution < -0.4 is 0 Å². The summed E-state index contributed by atoms with van der Waals surface area (Å²) in [5.41, 5.74) is 1.31. The zero-order chi connectivity index (χ0) is 13.1. The fraction of sp³-hybridized carbons (Fsp3) is 0.600. The van der Waals surface area contributed by atoms with Crippen LogP contribution in [0.15, 0.2) is 30.3 Å². The number of fused-ring (bicyclic) bond motifs is 1. The summed E-state index contributed by atoms with van der Waals surface area (Å²) in [5.74, 6) is 0. The maximum atomic E-state index is 9.63. The van der Waals surface area contributed by atoms with Crippen molar-refractivity contribution in [1.29, 1.82) is 0 Å². The number of benzene rings is 1. The summed E-state index contributed by atoms with van der Waals surface area (Å²) in [6.07, 6.45) is 0. The molecule has 0 saturated carbocycles. The highest BCUT2D eigenvalue weighted by Gasteiger charge is 2.34. The van der Waals surface area contributed by atoms with Gasteiger partial charge in [-0.05, 0) is 5.56 Å². The molecule has 1 N–H and O–H groups in total. The predicted molar refractivity (Wildman–Crippen MR) is 73.9 cm³/mol. The zero-order valence-electron chi connectivity index (χ0n) is 11.2. The molecule has 0 bridgehead atoms. The van der Waals surface area contributed by atoms with Gasteiger partial charge in [-0.2, -0.15) is 0 Å². The van der Waals surface area contributed by atoms with Crippen molar-refractivity contribution >= 4 is 0 Å². The quantitative estimate of drug-likeness (QED) is 0.863. The number of ether oxygens (including phenoxy) is 1. The van der Waals surface area contributed by atoms with E-state index in [-0.39, 0.29) is 12.6 Å². The van der Waals surface area contributed by atoms with Gasteiger partial charge in [-0.3, -0.25) is 9.80 Å². The van der Waals surface area contributed by atoms with E-state index < -0.39 is 0 Å². The lowest BCUT2D eigenvalue weighted by Crippen LogP contribution is -2.62. The van der Waals surface area contributed by atoms with Crippen LogP contribution in [0.1, 0.15) is 5.56 Å². The highest BCUT2D eigenvalue weighted by atomic mass is 16.5. The van der Waals surface area contributed by atoms with E-state index in [4.69, 9.17) is 4.74 Å². The van der Waals surface area contributed by atoms with Crippen molar-refractivity contribution in [2.24, 2.45) is 0 Å². The lowest BCUT2D eigenvalue weighted by molar-refractivity contribution is -0.0742. The average molecular weight is 262 g/mol. The first kappa shape index (κ1) is 13.1. The molecular formula is C15H22N2O2. The van der Waals surface area contributed by atoms with Gasteiger partial charge < -0.3 is 9.84 Å². The van der Waals surface area contributed by atoms with E-state index in [1.807, 2.05) is 6.07 Å². The van der Waals surface area contributed by atoms with Crippen LogP contribution in [0.25, 0.3) is 0 Å². The lowest BCUT2D eigenvalue weighted by atomic mass is 10.0. The molecule has 0 amide bonds. The number of morpholine rings is 1. The first-order valence-corrected chi connectivity index (χ1v) is 7.07. The fourth-order valence-electron chi connectivity index (χ4n) is 3.09. The van der Waals surface area contributed by atoms with E-state index in [0.717, 1.165) is 39.4 Å². The Morgan fingerprint density at radius 3 is 2.84 bits per heavy atom. The largest absolute Gasteiger partial charge is 0.395 e. The maximum absolute atomic E-state index is 9.63. The Hall–Kier alpha value is -0.940. The van der Waals surface area contributed by atoms with Crippen molar-refractivity contribution in [3.8, 4) is 0 Å². The van der Waals surface area contributed by atoms with Gasteiger partial charge in [-0.15, -0.1) is 0 Å². The molecule has 2 heterocycles. The molecule has 2 saturated heterocycles. The predicted octanol–water partition coefficient (Wildman–Crippen LogP) is 0.564. The highest BCUT2D eigenvalue weighted by molar-refractivity contribution is 5.15. The van der Waals surface area contributed by atoms with Crippen molar-refractivity contribution < 1.29 is 9.84 Å². The zero-order valence-corrected chi connectivity index (χ0v) is 11.2. The Kier molecular flexibility index (Phi) is 4.13. The molecule has 2 aliphatic heterocycles. The Bertz CT molecular complexity index is 398. The number of rotatable bonds is 3. The second kappa shape index (κ2) is 6.01. The van der Waals surface area contributed by atoms with E-state index in [0.29, 0.717) is 6.04 Å². The van der Waals surface area contributed by atoms with E-state index in [9.17, 15) is 5.11 Å². The third-order valence-corrected chi connectivity index (χ3v) is 4.20. The maximum Gasteiger partial charge on any atom is 0.0634 e. The van der Waals surface area contributed by atoms with Crippen LogP contribution in [0, 0.1) is 0 Å². The van der Waals surface area contributed by atoms with Crippen LogP contribution in [0.5, 0.6) is 0 Å².